The Labute approximate surface area is 121 Å². The molecule has 0 saturated carbocycles. The van der Waals surface area contributed by atoms with E-state index in [2.05, 4.69) is 26.1 Å². The van der Waals surface area contributed by atoms with Crippen LogP contribution in [0.15, 0.2) is 34.8 Å². The van der Waals surface area contributed by atoms with Crippen molar-refractivity contribution in [3.63, 3.8) is 0 Å². The van der Waals surface area contributed by atoms with Gasteiger partial charge in [-0.05, 0) is 32.0 Å². The second-order valence-electron chi connectivity index (χ2n) is 3.96. The predicted octanol–water partition coefficient (Wildman–Crippen LogP) is 3.91. The number of aromatic amines is 1. The lowest BCUT2D eigenvalue weighted by Crippen LogP contribution is -2.09. The molecular weight excluding hydrogens is 308 g/mol. The Morgan fingerprint density at radius 2 is 1.79 bits per heavy atom. The molecule has 0 aliphatic heterocycles. The molecule has 102 valence electrons. The lowest BCUT2D eigenvalue weighted by atomic mass is 10.1. The lowest BCUT2D eigenvalue weighted by molar-refractivity contribution is -0.142. The highest BCUT2D eigenvalue weighted by Gasteiger charge is 2.15. The van der Waals surface area contributed by atoms with E-state index in [1.165, 1.54) is 0 Å². The van der Waals surface area contributed by atoms with E-state index in [-0.39, 0.29) is 6.29 Å². The van der Waals surface area contributed by atoms with Crippen LogP contribution in [-0.4, -0.2) is 23.4 Å². The summed E-state index contributed by atoms with van der Waals surface area (Å²) >= 11 is 3.42. The van der Waals surface area contributed by atoms with Crippen molar-refractivity contribution in [1.29, 1.82) is 0 Å². The van der Waals surface area contributed by atoms with Crippen LogP contribution >= 0.6 is 15.9 Å². The van der Waals surface area contributed by atoms with Gasteiger partial charge >= 0.3 is 0 Å². The number of halogens is 1. The first kappa shape index (κ1) is 14.2. The Hall–Kier alpha value is -1.17. The number of rotatable bonds is 6. The molecule has 1 heterocycles. The third kappa shape index (κ3) is 3.65. The van der Waals surface area contributed by atoms with Crippen molar-refractivity contribution in [2.24, 2.45) is 0 Å². The van der Waals surface area contributed by atoms with Gasteiger partial charge in [-0.15, -0.1) is 0 Å². The van der Waals surface area contributed by atoms with E-state index in [4.69, 9.17) is 9.47 Å². The average Bonchev–Trinajstić information content (AvgIpc) is 2.89. The zero-order valence-corrected chi connectivity index (χ0v) is 12.6. The van der Waals surface area contributed by atoms with Gasteiger partial charge in [0, 0.05) is 23.2 Å². The van der Waals surface area contributed by atoms with Crippen LogP contribution < -0.4 is 0 Å². The number of hydrogen-bond donors (Lipinski definition) is 1. The molecule has 1 aromatic carbocycles. The van der Waals surface area contributed by atoms with E-state index in [0.29, 0.717) is 13.2 Å². The normalized spacial score (nSPS) is 11.2. The number of H-pyrrole nitrogens is 1. The summed E-state index contributed by atoms with van der Waals surface area (Å²) in [6.45, 7) is 5.07. The van der Waals surface area contributed by atoms with Crippen LogP contribution in [0.3, 0.4) is 0 Å². The molecule has 0 amide bonds. The molecule has 0 atom stereocenters. The van der Waals surface area contributed by atoms with E-state index in [1.807, 2.05) is 44.2 Å². The second-order valence-corrected chi connectivity index (χ2v) is 4.87. The van der Waals surface area contributed by atoms with E-state index in [0.717, 1.165) is 21.4 Å². The fraction of sp³-hybridized carbons (Fsp3) is 0.357. The molecule has 0 fully saturated rings. The zero-order chi connectivity index (χ0) is 13.7. The SMILES string of the molecule is CCOC(OCC)c1cc(-c2ccc(Br)cc2)n[nH]1. The topological polar surface area (TPSA) is 47.1 Å². The molecular formula is C14H17BrN2O2. The third-order valence-electron chi connectivity index (χ3n) is 2.63. The fourth-order valence-corrected chi connectivity index (χ4v) is 2.02. The maximum Gasteiger partial charge on any atom is 0.200 e. The minimum atomic E-state index is -0.383. The summed E-state index contributed by atoms with van der Waals surface area (Å²) in [6.07, 6.45) is -0.383. The van der Waals surface area contributed by atoms with Crippen molar-refractivity contribution in [2.75, 3.05) is 13.2 Å². The van der Waals surface area contributed by atoms with Gasteiger partial charge in [0.1, 0.15) is 0 Å². The highest BCUT2D eigenvalue weighted by molar-refractivity contribution is 9.10. The quantitative estimate of drug-likeness (QED) is 0.819. The number of nitrogens with zero attached hydrogens (tertiary/aromatic N) is 1. The molecule has 2 rings (SSSR count). The summed E-state index contributed by atoms with van der Waals surface area (Å²) in [5.74, 6) is 0. The van der Waals surface area contributed by atoms with Crippen molar-refractivity contribution in [1.82, 2.24) is 10.2 Å². The van der Waals surface area contributed by atoms with Gasteiger partial charge in [-0.3, -0.25) is 5.10 Å². The fourth-order valence-electron chi connectivity index (χ4n) is 1.76. The van der Waals surface area contributed by atoms with Crippen LogP contribution in [-0.2, 0) is 9.47 Å². The standard InChI is InChI=1S/C14H17BrN2O2/c1-3-18-14(19-4-2)13-9-12(16-17-13)10-5-7-11(15)8-6-10/h5-9,14H,3-4H2,1-2H3,(H,16,17). The Balaban J connectivity index is 2.19. The summed E-state index contributed by atoms with van der Waals surface area (Å²) in [5, 5.41) is 7.28. The molecule has 0 bridgehead atoms. The Morgan fingerprint density at radius 1 is 1.16 bits per heavy atom. The Kier molecular flexibility index (Phi) is 5.13. The monoisotopic (exact) mass is 324 g/mol. The van der Waals surface area contributed by atoms with E-state index in [1.54, 1.807) is 0 Å². The van der Waals surface area contributed by atoms with Crippen LogP contribution in [0.1, 0.15) is 25.8 Å². The minimum Gasteiger partial charge on any atom is -0.347 e. The second kappa shape index (κ2) is 6.84. The summed E-state index contributed by atoms with van der Waals surface area (Å²) in [5.41, 5.74) is 2.77. The van der Waals surface area contributed by atoms with Crippen molar-refractivity contribution in [2.45, 2.75) is 20.1 Å². The van der Waals surface area contributed by atoms with Gasteiger partial charge in [0.15, 0.2) is 6.29 Å². The summed E-state index contributed by atoms with van der Waals surface area (Å²) < 4.78 is 12.1. The minimum absolute atomic E-state index is 0.383. The van der Waals surface area contributed by atoms with Crippen molar-refractivity contribution < 1.29 is 9.47 Å². The maximum absolute atomic E-state index is 5.54. The number of nitrogens with one attached hydrogen (secondary N) is 1. The van der Waals surface area contributed by atoms with Crippen LogP contribution in [0.5, 0.6) is 0 Å². The van der Waals surface area contributed by atoms with Crippen LogP contribution in [0.2, 0.25) is 0 Å². The van der Waals surface area contributed by atoms with Crippen molar-refractivity contribution in [3.05, 3.63) is 40.5 Å². The van der Waals surface area contributed by atoms with Gasteiger partial charge in [0.2, 0.25) is 0 Å². The largest absolute Gasteiger partial charge is 0.347 e. The smallest absolute Gasteiger partial charge is 0.200 e. The zero-order valence-electron chi connectivity index (χ0n) is 11.0. The van der Waals surface area contributed by atoms with Crippen LogP contribution in [0, 0.1) is 0 Å². The molecule has 5 heteroatoms. The first-order valence-electron chi connectivity index (χ1n) is 6.29. The highest BCUT2D eigenvalue weighted by atomic mass is 79.9. The van der Waals surface area contributed by atoms with E-state index >= 15 is 0 Å². The van der Waals surface area contributed by atoms with Gasteiger partial charge in [-0.2, -0.15) is 5.10 Å². The Bertz CT molecular complexity index is 504. The molecule has 4 nitrogen and oxygen atoms in total. The third-order valence-corrected chi connectivity index (χ3v) is 3.16. The number of ether oxygens (including phenoxy) is 2. The van der Waals surface area contributed by atoms with Crippen LogP contribution in [0.25, 0.3) is 11.3 Å². The molecule has 0 aliphatic rings. The maximum atomic E-state index is 5.54. The van der Waals surface area contributed by atoms with Crippen molar-refractivity contribution in [3.8, 4) is 11.3 Å². The summed E-state index contributed by atoms with van der Waals surface area (Å²) in [7, 11) is 0. The molecule has 0 unspecified atom stereocenters. The van der Waals surface area contributed by atoms with Gasteiger partial charge in [-0.1, -0.05) is 28.1 Å². The molecule has 0 saturated heterocycles. The predicted molar refractivity (Wildman–Crippen MR) is 77.7 cm³/mol. The highest BCUT2D eigenvalue weighted by Crippen LogP contribution is 2.24. The first-order valence-corrected chi connectivity index (χ1v) is 7.08. The summed E-state index contributed by atoms with van der Waals surface area (Å²) in [6, 6.07) is 9.97. The first-order chi connectivity index (χ1) is 9.24. The molecule has 19 heavy (non-hydrogen) atoms. The molecule has 1 aromatic heterocycles. The molecule has 1 N–H and O–H groups in total. The van der Waals surface area contributed by atoms with Gasteiger partial charge in [-0.25, -0.2) is 0 Å². The van der Waals surface area contributed by atoms with Gasteiger partial charge in [0.25, 0.3) is 0 Å². The summed E-state index contributed by atoms with van der Waals surface area (Å²) in [4.78, 5) is 0. The van der Waals surface area contributed by atoms with Gasteiger partial charge in [0.05, 0.1) is 11.4 Å². The molecule has 0 radical (unpaired) electrons. The number of benzene rings is 1. The number of aromatic nitrogens is 2. The number of hydrogen-bond acceptors (Lipinski definition) is 3. The lowest BCUT2D eigenvalue weighted by Gasteiger charge is -2.14. The van der Waals surface area contributed by atoms with Gasteiger partial charge < -0.3 is 9.47 Å². The average molecular weight is 325 g/mol. The Morgan fingerprint density at radius 3 is 2.37 bits per heavy atom. The molecule has 0 aliphatic carbocycles. The van der Waals surface area contributed by atoms with Crippen molar-refractivity contribution >= 4 is 15.9 Å². The van der Waals surface area contributed by atoms with E-state index in [9.17, 15) is 0 Å². The van der Waals surface area contributed by atoms with E-state index < -0.39 is 0 Å². The molecule has 2 aromatic rings. The molecule has 0 spiro atoms. The van der Waals surface area contributed by atoms with Crippen LogP contribution in [0.4, 0.5) is 0 Å².